The summed E-state index contributed by atoms with van der Waals surface area (Å²) in [5.41, 5.74) is 3.79. The molecule has 106 valence electrons. The molecule has 0 aliphatic rings. The molecule has 0 saturated carbocycles. The lowest BCUT2D eigenvalue weighted by molar-refractivity contribution is 0.785. The molecule has 0 radical (unpaired) electrons. The van der Waals surface area contributed by atoms with Gasteiger partial charge in [-0.3, -0.25) is 0 Å². The van der Waals surface area contributed by atoms with Crippen LogP contribution in [-0.2, 0) is 13.1 Å². The van der Waals surface area contributed by atoms with Crippen LogP contribution in [0.2, 0.25) is 5.02 Å². The Morgan fingerprint density at radius 2 is 1.85 bits per heavy atom. The molecule has 2 rings (SSSR count). The Bertz CT molecular complexity index is 540. The Morgan fingerprint density at radius 3 is 2.50 bits per heavy atom. The molecular formula is C17H21ClN2. The lowest BCUT2D eigenvalue weighted by Gasteiger charge is -2.26. The SMILES string of the molecule is CCN(Cc1ccccc1)c1cc(Cl)ccc1CNC. The minimum Gasteiger partial charge on any atom is -0.367 e. The van der Waals surface area contributed by atoms with Crippen LogP contribution in [0.1, 0.15) is 18.1 Å². The molecule has 2 aromatic rings. The maximum Gasteiger partial charge on any atom is 0.0429 e. The zero-order valence-corrected chi connectivity index (χ0v) is 12.8. The first-order valence-corrected chi connectivity index (χ1v) is 7.34. The van der Waals surface area contributed by atoms with Gasteiger partial charge >= 0.3 is 0 Å². The second-order valence-corrected chi connectivity index (χ2v) is 5.24. The average Bonchev–Trinajstić information content (AvgIpc) is 2.48. The van der Waals surface area contributed by atoms with Crippen molar-refractivity contribution in [2.45, 2.75) is 20.0 Å². The minimum atomic E-state index is 0.784. The van der Waals surface area contributed by atoms with Crippen LogP contribution >= 0.6 is 11.6 Å². The van der Waals surface area contributed by atoms with E-state index >= 15 is 0 Å². The van der Waals surface area contributed by atoms with Gasteiger partial charge in [-0.05, 0) is 37.2 Å². The fourth-order valence-electron chi connectivity index (χ4n) is 2.34. The van der Waals surface area contributed by atoms with E-state index in [1.807, 2.05) is 19.2 Å². The summed E-state index contributed by atoms with van der Waals surface area (Å²) in [5, 5.41) is 4.00. The van der Waals surface area contributed by atoms with E-state index in [0.29, 0.717) is 0 Å². The maximum atomic E-state index is 6.17. The highest BCUT2D eigenvalue weighted by atomic mass is 35.5. The van der Waals surface area contributed by atoms with Gasteiger partial charge in [0.15, 0.2) is 0 Å². The van der Waals surface area contributed by atoms with E-state index in [1.165, 1.54) is 16.8 Å². The molecule has 0 saturated heterocycles. The Kier molecular flexibility index (Phi) is 5.45. The number of nitrogens with zero attached hydrogens (tertiary/aromatic N) is 1. The lowest BCUT2D eigenvalue weighted by Crippen LogP contribution is -2.24. The molecule has 2 nitrogen and oxygen atoms in total. The van der Waals surface area contributed by atoms with Gasteiger partial charge < -0.3 is 10.2 Å². The molecular weight excluding hydrogens is 268 g/mol. The van der Waals surface area contributed by atoms with Crippen LogP contribution < -0.4 is 10.2 Å². The molecule has 0 aromatic heterocycles. The first-order chi connectivity index (χ1) is 9.74. The van der Waals surface area contributed by atoms with Crippen molar-refractivity contribution >= 4 is 17.3 Å². The van der Waals surface area contributed by atoms with Gasteiger partial charge in [0.25, 0.3) is 0 Å². The summed E-state index contributed by atoms with van der Waals surface area (Å²) in [6.45, 7) is 4.87. The molecule has 0 unspecified atom stereocenters. The molecule has 2 aromatic carbocycles. The highest BCUT2D eigenvalue weighted by molar-refractivity contribution is 6.30. The van der Waals surface area contributed by atoms with Gasteiger partial charge in [0.1, 0.15) is 0 Å². The summed E-state index contributed by atoms with van der Waals surface area (Å²) in [6.07, 6.45) is 0. The van der Waals surface area contributed by atoms with E-state index in [2.05, 4.69) is 53.5 Å². The monoisotopic (exact) mass is 288 g/mol. The molecule has 0 fully saturated rings. The standard InChI is InChI=1S/C17H21ClN2/c1-3-20(13-14-7-5-4-6-8-14)17-11-16(18)10-9-15(17)12-19-2/h4-11,19H,3,12-13H2,1-2H3. The van der Waals surface area contributed by atoms with Crippen LogP contribution in [-0.4, -0.2) is 13.6 Å². The predicted molar refractivity (Wildman–Crippen MR) is 87.4 cm³/mol. The smallest absolute Gasteiger partial charge is 0.0429 e. The third-order valence-electron chi connectivity index (χ3n) is 3.35. The Balaban J connectivity index is 2.28. The number of rotatable bonds is 6. The van der Waals surface area contributed by atoms with Crippen molar-refractivity contribution in [1.29, 1.82) is 0 Å². The zero-order valence-electron chi connectivity index (χ0n) is 12.1. The van der Waals surface area contributed by atoms with Gasteiger partial charge in [0, 0.05) is 30.3 Å². The molecule has 1 N–H and O–H groups in total. The van der Waals surface area contributed by atoms with Crippen molar-refractivity contribution in [3.8, 4) is 0 Å². The zero-order chi connectivity index (χ0) is 14.4. The van der Waals surface area contributed by atoms with Crippen molar-refractivity contribution in [1.82, 2.24) is 5.32 Å². The number of halogens is 1. The highest BCUT2D eigenvalue weighted by Crippen LogP contribution is 2.26. The summed E-state index contributed by atoms with van der Waals surface area (Å²) in [5.74, 6) is 0. The molecule has 0 aliphatic carbocycles. The lowest BCUT2D eigenvalue weighted by atomic mass is 10.1. The topological polar surface area (TPSA) is 15.3 Å². The van der Waals surface area contributed by atoms with Crippen LogP contribution in [0.4, 0.5) is 5.69 Å². The van der Waals surface area contributed by atoms with Crippen LogP contribution in [0.15, 0.2) is 48.5 Å². The molecule has 3 heteroatoms. The molecule has 0 amide bonds. The summed E-state index contributed by atoms with van der Waals surface area (Å²) in [7, 11) is 1.96. The van der Waals surface area contributed by atoms with E-state index in [0.717, 1.165) is 24.7 Å². The Morgan fingerprint density at radius 1 is 1.10 bits per heavy atom. The highest BCUT2D eigenvalue weighted by Gasteiger charge is 2.10. The summed E-state index contributed by atoms with van der Waals surface area (Å²) in [4.78, 5) is 2.36. The number of benzene rings is 2. The van der Waals surface area contributed by atoms with E-state index in [9.17, 15) is 0 Å². The fourth-order valence-corrected chi connectivity index (χ4v) is 2.51. The summed E-state index contributed by atoms with van der Waals surface area (Å²) in [6, 6.07) is 16.6. The number of anilines is 1. The maximum absolute atomic E-state index is 6.17. The summed E-state index contributed by atoms with van der Waals surface area (Å²) >= 11 is 6.17. The van der Waals surface area contributed by atoms with Gasteiger partial charge in [-0.2, -0.15) is 0 Å². The minimum absolute atomic E-state index is 0.784. The van der Waals surface area contributed by atoms with Crippen molar-refractivity contribution in [2.24, 2.45) is 0 Å². The van der Waals surface area contributed by atoms with Crippen LogP contribution in [0.3, 0.4) is 0 Å². The third-order valence-corrected chi connectivity index (χ3v) is 3.59. The largest absolute Gasteiger partial charge is 0.367 e. The first kappa shape index (κ1) is 14.9. The van der Waals surface area contributed by atoms with E-state index in [-0.39, 0.29) is 0 Å². The Hall–Kier alpha value is -1.51. The van der Waals surface area contributed by atoms with Crippen LogP contribution in [0.25, 0.3) is 0 Å². The quantitative estimate of drug-likeness (QED) is 0.861. The van der Waals surface area contributed by atoms with E-state index < -0.39 is 0 Å². The van der Waals surface area contributed by atoms with E-state index in [1.54, 1.807) is 0 Å². The predicted octanol–water partition coefficient (Wildman–Crippen LogP) is 4.09. The molecule has 0 spiro atoms. The fraction of sp³-hybridized carbons (Fsp3) is 0.294. The van der Waals surface area contributed by atoms with Crippen molar-refractivity contribution in [3.05, 3.63) is 64.7 Å². The number of hydrogen-bond donors (Lipinski definition) is 1. The van der Waals surface area contributed by atoms with Crippen LogP contribution in [0.5, 0.6) is 0 Å². The molecule has 0 heterocycles. The first-order valence-electron chi connectivity index (χ1n) is 6.96. The average molecular weight is 289 g/mol. The number of nitrogens with one attached hydrogen (secondary N) is 1. The van der Waals surface area contributed by atoms with Gasteiger partial charge in [0.05, 0.1) is 0 Å². The van der Waals surface area contributed by atoms with Gasteiger partial charge in [0.2, 0.25) is 0 Å². The Labute approximate surface area is 126 Å². The molecule has 0 bridgehead atoms. The van der Waals surface area contributed by atoms with Crippen molar-refractivity contribution in [3.63, 3.8) is 0 Å². The van der Waals surface area contributed by atoms with Gasteiger partial charge in [-0.15, -0.1) is 0 Å². The van der Waals surface area contributed by atoms with Crippen LogP contribution in [0, 0.1) is 0 Å². The number of hydrogen-bond acceptors (Lipinski definition) is 2. The second-order valence-electron chi connectivity index (χ2n) is 4.80. The normalized spacial score (nSPS) is 10.6. The molecule has 0 aliphatic heterocycles. The van der Waals surface area contributed by atoms with E-state index in [4.69, 9.17) is 11.6 Å². The molecule has 0 atom stereocenters. The molecule has 20 heavy (non-hydrogen) atoms. The second kappa shape index (κ2) is 7.32. The van der Waals surface area contributed by atoms with Crippen molar-refractivity contribution in [2.75, 3.05) is 18.5 Å². The summed E-state index contributed by atoms with van der Waals surface area (Å²) < 4.78 is 0. The van der Waals surface area contributed by atoms with Gasteiger partial charge in [-0.25, -0.2) is 0 Å². The van der Waals surface area contributed by atoms with Crippen molar-refractivity contribution < 1.29 is 0 Å². The third kappa shape index (κ3) is 3.75. The van der Waals surface area contributed by atoms with Gasteiger partial charge in [-0.1, -0.05) is 48.0 Å².